The molecule has 0 bridgehead atoms. The Hall–Kier alpha value is -0.640. The molecule has 24 heavy (non-hydrogen) atoms. The minimum Gasteiger partial charge on any atom is -0.396 e. The van der Waals surface area contributed by atoms with Crippen LogP contribution in [0.4, 0.5) is 0 Å². The topological polar surface area (TPSA) is 38.7 Å². The van der Waals surface area contributed by atoms with Gasteiger partial charge >= 0.3 is 0 Å². The quantitative estimate of drug-likeness (QED) is 0.315. The first-order valence-corrected chi connectivity index (χ1v) is 10.1. The van der Waals surface area contributed by atoms with Crippen LogP contribution in [0.25, 0.3) is 0 Å². The third-order valence-electron chi connectivity index (χ3n) is 4.36. The Morgan fingerprint density at radius 2 is 1.54 bits per heavy atom. The molecule has 3 heteroatoms. The maximum atomic E-state index is 8.70. The predicted octanol–water partition coefficient (Wildman–Crippen LogP) is 5.54. The Morgan fingerprint density at radius 1 is 0.833 bits per heavy atom. The molecular weight excluding hydrogens is 300 g/mol. The molecule has 3 nitrogen and oxygen atoms in total. The minimum absolute atomic E-state index is 0.0433. The van der Waals surface area contributed by atoms with E-state index in [9.17, 15) is 0 Å². The highest BCUT2D eigenvalue weighted by Crippen LogP contribution is 2.13. The van der Waals surface area contributed by atoms with Crippen molar-refractivity contribution in [1.82, 2.24) is 0 Å². The first-order valence-electron chi connectivity index (χ1n) is 10.1. The van der Waals surface area contributed by atoms with Crippen molar-refractivity contribution in [2.45, 2.75) is 89.8 Å². The third-order valence-corrected chi connectivity index (χ3v) is 4.36. The van der Waals surface area contributed by atoms with Crippen molar-refractivity contribution in [2.75, 3.05) is 19.8 Å². The van der Waals surface area contributed by atoms with E-state index in [-0.39, 0.29) is 6.29 Å². The Morgan fingerprint density at radius 3 is 2.25 bits per heavy atom. The Bertz CT molecular complexity index is 306. The zero-order valence-corrected chi connectivity index (χ0v) is 15.5. The van der Waals surface area contributed by atoms with Crippen molar-refractivity contribution in [3.05, 3.63) is 24.3 Å². The maximum Gasteiger partial charge on any atom is 0.157 e. The normalized spacial score (nSPS) is 18.8. The van der Waals surface area contributed by atoms with Gasteiger partial charge in [-0.3, -0.25) is 0 Å². The molecule has 140 valence electrons. The minimum atomic E-state index is 0.0433. The highest BCUT2D eigenvalue weighted by Gasteiger charge is 2.12. The van der Waals surface area contributed by atoms with Gasteiger partial charge in [0.15, 0.2) is 6.29 Å². The van der Waals surface area contributed by atoms with Crippen LogP contribution in [0.1, 0.15) is 83.5 Å². The molecule has 1 aliphatic heterocycles. The molecule has 1 heterocycles. The van der Waals surface area contributed by atoms with Crippen molar-refractivity contribution in [3.8, 4) is 0 Å². The highest BCUT2D eigenvalue weighted by molar-refractivity contribution is 4.92. The number of ether oxygens (including phenoxy) is 2. The van der Waals surface area contributed by atoms with Gasteiger partial charge in [0, 0.05) is 13.2 Å². The van der Waals surface area contributed by atoms with Crippen LogP contribution in [-0.4, -0.2) is 31.2 Å². The molecule has 1 unspecified atom stereocenters. The van der Waals surface area contributed by atoms with Crippen LogP contribution < -0.4 is 0 Å². The van der Waals surface area contributed by atoms with Crippen molar-refractivity contribution >= 4 is 0 Å². The van der Waals surface area contributed by atoms with Gasteiger partial charge in [-0.15, -0.1) is 0 Å². The molecule has 0 saturated carbocycles. The molecule has 1 fully saturated rings. The van der Waals surface area contributed by atoms with Gasteiger partial charge in [0.1, 0.15) is 0 Å². The van der Waals surface area contributed by atoms with E-state index in [0.29, 0.717) is 6.61 Å². The molecule has 0 radical (unpaired) electrons. The molecule has 0 aromatic carbocycles. The molecule has 0 spiro atoms. The number of allylic oxidation sites excluding steroid dienone is 3. The average molecular weight is 339 g/mol. The number of hydrogen-bond donors (Lipinski definition) is 1. The van der Waals surface area contributed by atoms with Crippen LogP contribution in [0.5, 0.6) is 0 Å². The van der Waals surface area contributed by atoms with Gasteiger partial charge in [0.2, 0.25) is 0 Å². The van der Waals surface area contributed by atoms with Crippen LogP contribution >= 0.6 is 0 Å². The van der Waals surface area contributed by atoms with E-state index in [1.807, 2.05) is 0 Å². The van der Waals surface area contributed by atoms with Gasteiger partial charge in [0.25, 0.3) is 0 Å². The third kappa shape index (κ3) is 13.8. The van der Waals surface area contributed by atoms with Crippen LogP contribution in [0.15, 0.2) is 24.3 Å². The zero-order valence-electron chi connectivity index (χ0n) is 15.5. The fourth-order valence-corrected chi connectivity index (χ4v) is 2.87. The van der Waals surface area contributed by atoms with Crippen LogP contribution in [-0.2, 0) is 9.47 Å². The van der Waals surface area contributed by atoms with Crippen LogP contribution in [0.3, 0.4) is 0 Å². The van der Waals surface area contributed by atoms with Crippen LogP contribution in [0.2, 0.25) is 0 Å². The number of unbranched alkanes of at least 4 members (excludes halogenated alkanes) is 7. The molecule has 0 aromatic rings. The first-order chi connectivity index (χ1) is 11.9. The summed E-state index contributed by atoms with van der Waals surface area (Å²) in [6, 6.07) is 0. The van der Waals surface area contributed by atoms with Gasteiger partial charge < -0.3 is 14.6 Å². The van der Waals surface area contributed by atoms with Crippen molar-refractivity contribution in [3.63, 3.8) is 0 Å². The second-order valence-corrected chi connectivity index (χ2v) is 6.62. The molecule has 0 amide bonds. The summed E-state index contributed by atoms with van der Waals surface area (Å²) in [5.74, 6) is 0. The predicted molar refractivity (Wildman–Crippen MR) is 101 cm³/mol. The number of aliphatic hydroxyl groups is 1. The zero-order chi connectivity index (χ0) is 17.1. The Labute approximate surface area is 149 Å². The molecule has 1 N–H and O–H groups in total. The summed E-state index contributed by atoms with van der Waals surface area (Å²) in [6.07, 6.45) is 24.4. The second-order valence-electron chi connectivity index (χ2n) is 6.62. The number of hydrogen-bond acceptors (Lipinski definition) is 3. The van der Waals surface area contributed by atoms with Gasteiger partial charge in [-0.2, -0.15) is 0 Å². The number of rotatable bonds is 15. The Kier molecular flexibility index (Phi) is 15.3. The highest BCUT2D eigenvalue weighted by atomic mass is 16.7. The molecule has 1 atom stereocenters. The summed E-state index contributed by atoms with van der Waals surface area (Å²) in [6.45, 7) is 1.97. The van der Waals surface area contributed by atoms with Gasteiger partial charge in [0.05, 0.1) is 6.61 Å². The van der Waals surface area contributed by atoms with Gasteiger partial charge in [-0.25, -0.2) is 0 Å². The summed E-state index contributed by atoms with van der Waals surface area (Å²) < 4.78 is 11.2. The molecule has 0 aromatic heterocycles. The summed E-state index contributed by atoms with van der Waals surface area (Å²) in [5, 5.41) is 8.70. The van der Waals surface area contributed by atoms with E-state index in [1.165, 1.54) is 57.8 Å². The van der Waals surface area contributed by atoms with Crippen LogP contribution in [0, 0.1) is 0 Å². The molecule has 1 saturated heterocycles. The lowest BCUT2D eigenvalue weighted by Gasteiger charge is -2.22. The standard InChI is InChI=1S/C21H38O3/c22-18-14-11-9-7-5-3-1-2-4-6-8-10-12-15-19-23-21-17-13-16-20-24-21/h4,6,10,12,21-22H,1-3,5,7-9,11,13-20H2/b6-4-,12-10-. The molecule has 1 aliphatic rings. The second kappa shape index (κ2) is 17.2. The monoisotopic (exact) mass is 338 g/mol. The molecule has 1 rings (SSSR count). The number of aliphatic hydroxyl groups excluding tert-OH is 1. The maximum absolute atomic E-state index is 8.70. The van der Waals surface area contributed by atoms with E-state index in [4.69, 9.17) is 14.6 Å². The summed E-state index contributed by atoms with van der Waals surface area (Å²) in [4.78, 5) is 0. The van der Waals surface area contributed by atoms with E-state index in [1.54, 1.807) is 0 Å². The van der Waals surface area contributed by atoms with Crippen molar-refractivity contribution in [2.24, 2.45) is 0 Å². The molecular formula is C21H38O3. The fourth-order valence-electron chi connectivity index (χ4n) is 2.87. The van der Waals surface area contributed by atoms with E-state index in [0.717, 1.165) is 38.9 Å². The molecule has 0 aliphatic carbocycles. The van der Waals surface area contributed by atoms with Crippen molar-refractivity contribution < 1.29 is 14.6 Å². The summed E-state index contributed by atoms with van der Waals surface area (Å²) in [7, 11) is 0. The lowest BCUT2D eigenvalue weighted by molar-refractivity contribution is -0.161. The smallest absolute Gasteiger partial charge is 0.157 e. The first kappa shape index (κ1) is 21.4. The fraction of sp³-hybridized carbons (Fsp3) is 0.810. The van der Waals surface area contributed by atoms with E-state index in [2.05, 4.69) is 24.3 Å². The van der Waals surface area contributed by atoms with E-state index < -0.39 is 0 Å². The Balaban J connectivity index is 1.78. The van der Waals surface area contributed by atoms with E-state index >= 15 is 0 Å². The van der Waals surface area contributed by atoms with Gasteiger partial charge in [-0.05, 0) is 51.4 Å². The lowest BCUT2D eigenvalue weighted by Crippen LogP contribution is -2.22. The lowest BCUT2D eigenvalue weighted by atomic mass is 10.1. The average Bonchev–Trinajstić information content (AvgIpc) is 2.62. The summed E-state index contributed by atoms with van der Waals surface area (Å²) >= 11 is 0. The van der Waals surface area contributed by atoms with Gasteiger partial charge in [-0.1, -0.05) is 56.4 Å². The summed E-state index contributed by atoms with van der Waals surface area (Å²) in [5.41, 5.74) is 0. The van der Waals surface area contributed by atoms with Crippen molar-refractivity contribution in [1.29, 1.82) is 0 Å². The largest absolute Gasteiger partial charge is 0.396 e. The SMILES string of the molecule is OCCCCCCCCC/C=C\C/C=C\CCOC1CCCCO1.